The summed E-state index contributed by atoms with van der Waals surface area (Å²) in [7, 11) is -5.05. The summed E-state index contributed by atoms with van der Waals surface area (Å²) in [5.74, 6) is -0.405. The molecule has 1 rings (SSSR count). The second-order valence-corrected chi connectivity index (χ2v) is 16.0. The summed E-state index contributed by atoms with van der Waals surface area (Å²) in [6.45, 7) is 3.92. The summed E-state index contributed by atoms with van der Waals surface area (Å²) in [6, 6.07) is 0. The average molecular weight is 807 g/mol. The SMILES string of the molecule is CCCCC/C=C\C/C=C\CCCCCCCCCCCCOCC(COC1OC(CO)C(O)C(OS(=O)(=O)O)C1O)OC(=O)CCCCCCCCCC. The first-order valence-electron chi connectivity index (χ1n) is 21.6. The highest BCUT2D eigenvalue weighted by atomic mass is 32.3. The Bertz CT molecular complexity index is 1070. The topological polar surface area (TPSA) is 178 Å². The van der Waals surface area contributed by atoms with Crippen LogP contribution in [0.2, 0.25) is 0 Å². The van der Waals surface area contributed by atoms with Gasteiger partial charge in [-0.15, -0.1) is 0 Å². The minimum absolute atomic E-state index is 0.0367. The fraction of sp³-hybridized carbons (Fsp3) is 0.881. The number of ether oxygens (including phenoxy) is 4. The molecule has 0 bridgehead atoms. The molecule has 1 fully saturated rings. The Kier molecular flexibility index (Phi) is 32.5. The lowest BCUT2D eigenvalue weighted by Gasteiger charge is -2.41. The van der Waals surface area contributed by atoms with E-state index < -0.39 is 59.8 Å². The highest BCUT2D eigenvalue weighted by Gasteiger charge is 2.48. The van der Waals surface area contributed by atoms with Crippen molar-refractivity contribution in [3.05, 3.63) is 24.3 Å². The second kappa shape index (κ2) is 34.6. The average Bonchev–Trinajstić information content (AvgIpc) is 3.15. The first-order chi connectivity index (χ1) is 26.6. The molecule has 6 unspecified atom stereocenters. The molecule has 1 saturated heterocycles. The molecule has 324 valence electrons. The Balaban J connectivity index is 2.36. The number of hydrogen-bond donors (Lipinski definition) is 4. The number of hydrogen-bond acceptors (Lipinski definition) is 11. The van der Waals surface area contributed by atoms with Gasteiger partial charge in [-0.2, -0.15) is 8.42 Å². The zero-order chi connectivity index (χ0) is 40.4. The predicted molar refractivity (Wildman–Crippen MR) is 216 cm³/mol. The van der Waals surface area contributed by atoms with Crippen LogP contribution in [0.5, 0.6) is 0 Å². The maximum atomic E-state index is 12.7. The van der Waals surface area contributed by atoms with E-state index in [9.17, 15) is 28.5 Å². The molecule has 12 nitrogen and oxygen atoms in total. The van der Waals surface area contributed by atoms with Crippen molar-refractivity contribution in [1.29, 1.82) is 0 Å². The molecule has 0 amide bonds. The molecule has 6 atom stereocenters. The van der Waals surface area contributed by atoms with E-state index in [2.05, 4.69) is 42.3 Å². The van der Waals surface area contributed by atoms with Crippen molar-refractivity contribution in [2.45, 2.75) is 211 Å². The van der Waals surface area contributed by atoms with Crippen LogP contribution in [0.15, 0.2) is 24.3 Å². The lowest BCUT2D eigenvalue weighted by atomic mass is 9.99. The quantitative estimate of drug-likeness (QED) is 0.0204. The molecule has 1 aliphatic rings. The number of unbranched alkanes of at least 4 members (excludes halogenated alkanes) is 20. The third-order valence-corrected chi connectivity index (χ3v) is 10.3. The molecule has 1 heterocycles. The molecular formula is C42H78O12S. The van der Waals surface area contributed by atoms with Gasteiger partial charge >= 0.3 is 16.4 Å². The second-order valence-electron chi connectivity index (χ2n) is 14.9. The highest BCUT2D eigenvalue weighted by molar-refractivity contribution is 7.80. The smallest absolute Gasteiger partial charge is 0.397 e. The van der Waals surface area contributed by atoms with Gasteiger partial charge in [0.1, 0.15) is 30.5 Å². The molecule has 0 spiro atoms. The number of carbonyl (C=O) groups is 1. The van der Waals surface area contributed by atoms with Gasteiger partial charge in [-0.25, -0.2) is 4.18 Å². The van der Waals surface area contributed by atoms with E-state index in [1.165, 1.54) is 103 Å². The van der Waals surface area contributed by atoms with E-state index in [1.54, 1.807) is 0 Å². The fourth-order valence-electron chi connectivity index (χ4n) is 6.53. The summed E-state index contributed by atoms with van der Waals surface area (Å²) < 4.78 is 58.8. The highest BCUT2D eigenvalue weighted by Crippen LogP contribution is 2.26. The molecule has 13 heteroatoms. The summed E-state index contributed by atoms with van der Waals surface area (Å²) >= 11 is 0. The van der Waals surface area contributed by atoms with E-state index in [0.29, 0.717) is 13.0 Å². The molecule has 0 aliphatic carbocycles. The maximum Gasteiger partial charge on any atom is 0.397 e. The van der Waals surface area contributed by atoms with Crippen molar-refractivity contribution in [3.8, 4) is 0 Å². The fourth-order valence-corrected chi connectivity index (χ4v) is 7.03. The number of esters is 1. The van der Waals surface area contributed by atoms with Gasteiger partial charge in [0, 0.05) is 13.0 Å². The Morgan fingerprint density at radius 2 is 1.20 bits per heavy atom. The molecular weight excluding hydrogens is 729 g/mol. The molecule has 0 radical (unpaired) electrons. The van der Waals surface area contributed by atoms with Crippen molar-refractivity contribution in [1.82, 2.24) is 0 Å². The first-order valence-corrected chi connectivity index (χ1v) is 23.0. The summed E-state index contributed by atoms with van der Waals surface area (Å²) in [4.78, 5) is 12.7. The van der Waals surface area contributed by atoms with Crippen LogP contribution in [0.4, 0.5) is 0 Å². The van der Waals surface area contributed by atoms with Crippen LogP contribution < -0.4 is 0 Å². The minimum atomic E-state index is -5.05. The van der Waals surface area contributed by atoms with Crippen LogP contribution in [0.25, 0.3) is 0 Å². The monoisotopic (exact) mass is 807 g/mol. The maximum absolute atomic E-state index is 12.7. The normalized spacial score (nSPS) is 21.2. The Morgan fingerprint density at radius 1 is 0.691 bits per heavy atom. The molecule has 4 N–H and O–H groups in total. The first kappa shape index (κ1) is 51.6. The Morgan fingerprint density at radius 3 is 1.76 bits per heavy atom. The van der Waals surface area contributed by atoms with E-state index in [0.717, 1.165) is 44.9 Å². The standard InChI is InChI=1S/C42H78O12S/c1-3-5-7-9-11-13-14-15-16-17-18-19-20-21-22-23-24-26-28-30-32-50-34-36(52-38(44)31-29-27-25-12-10-8-6-4-2)35-51-42-40(46)41(54-55(47,48)49)39(45)37(33-43)53-42/h11,13,15-16,36-37,39-43,45-46H,3-10,12,14,17-35H2,1-2H3,(H,47,48,49)/b13-11-,16-15-. The molecule has 0 aromatic heterocycles. The number of rotatable bonds is 37. The van der Waals surface area contributed by atoms with Gasteiger partial charge in [0.2, 0.25) is 0 Å². The van der Waals surface area contributed by atoms with Gasteiger partial charge in [-0.3, -0.25) is 9.35 Å². The van der Waals surface area contributed by atoms with Gasteiger partial charge in [-0.05, 0) is 44.9 Å². The van der Waals surface area contributed by atoms with E-state index in [4.69, 9.17) is 23.5 Å². The van der Waals surface area contributed by atoms with Crippen molar-refractivity contribution < 1.29 is 56.2 Å². The van der Waals surface area contributed by atoms with Crippen LogP contribution in [-0.4, -0.2) is 97.5 Å². The van der Waals surface area contributed by atoms with Crippen LogP contribution in [0, 0.1) is 0 Å². The molecule has 55 heavy (non-hydrogen) atoms. The van der Waals surface area contributed by atoms with E-state index in [-0.39, 0.29) is 19.6 Å². The lowest BCUT2D eigenvalue weighted by molar-refractivity contribution is -0.301. The molecule has 1 aliphatic heterocycles. The van der Waals surface area contributed by atoms with Gasteiger partial charge in [0.15, 0.2) is 6.29 Å². The predicted octanol–water partition coefficient (Wildman–Crippen LogP) is 8.46. The van der Waals surface area contributed by atoms with Crippen LogP contribution in [0.1, 0.15) is 174 Å². The summed E-state index contributed by atoms with van der Waals surface area (Å²) in [5, 5.41) is 30.5. The van der Waals surface area contributed by atoms with E-state index in [1.807, 2.05) is 0 Å². The van der Waals surface area contributed by atoms with Gasteiger partial charge in [0.25, 0.3) is 0 Å². The van der Waals surface area contributed by atoms with Crippen molar-refractivity contribution in [2.24, 2.45) is 0 Å². The van der Waals surface area contributed by atoms with E-state index >= 15 is 0 Å². The van der Waals surface area contributed by atoms with Crippen molar-refractivity contribution in [2.75, 3.05) is 26.4 Å². The number of aliphatic hydroxyl groups excluding tert-OH is 3. The molecule has 0 saturated carbocycles. The summed E-state index contributed by atoms with van der Waals surface area (Å²) in [6.07, 6.45) is 28.0. The zero-order valence-electron chi connectivity index (χ0n) is 34.2. The van der Waals surface area contributed by atoms with Crippen molar-refractivity contribution >= 4 is 16.4 Å². The summed E-state index contributed by atoms with van der Waals surface area (Å²) in [5.41, 5.74) is 0. The van der Waals surface area contributed by atoms with Crippen LogP contribution in [0.3, 0.4) is 0 Å². The Hall–Kier alpha value is -1.42. The zero-order valence-corrected chi connectivity index (χ0v) is 35.1. The van der Waals surface area contributed by atoms with Gasteiger partial charge < -0.3 is 34.3 Å². The number of carbonyl (C=O) groups excluding carboxylic acids is 1. The third-order valence-electron chi connectivity index (χ3n) is 9.83. The van der Waals surface area contributed by atoms with Crippen molar-refractivity contribution in [3.63, 3.8) is 0 Å². The van der Waals surface area contributed by atoms with Crippen LogP contribution >= 0.6 is 0 Å². The number of allylic oxidation sites excluding steroid dienone is 4. The van der Waals surface area contributed by atoms with Gasteiger partial charge in [0.05, 0.1) is 19.8 Å². The third kappa shape index (κ3) is 28.6. The number of aliphatic hydroxyl groups is 3. The molecule has 0 aromatic carbocycles. The minimum Gasteiger partial charge on any atom is -0.457 e. The van der Waals surface area contributed by atoms with Gasteiger partial charge in [-0.1, -0.05) is 147 Å². The lowest BCUT2D eigenvalue weighted by Crippen LogP contribution is -2.60. The van der Waals surface area contributed by atoms with Crippen LogP contribution in [-0.2, 0) is 38.3 Å². The Labute approximate surface area is 333 Å². The molecule has 0 aromatic rings. The largest absolute Gasteiger partial charge is 0.457 e.